The fraction of sp³-hybridized carbons (Fsp3) is 0.0714. The van der Waals surface area contributed by atoms with Crippen LogP contribution in [0.1, 0.15) is 5.56 Å². The average Bonchev–Trinajstić information content (AvgIpc) is 2.35. The molecule has 0 aliphatic heterocycles. The van der Waals surface area contributed by atoms with E-state index in [1.165, 1.54) is 18.2 Å². The first-order valence-corrected chi connectivity index (χ1v) is 6.03. The Morgan fingerprint density at radius 3 is 2.63 bits per heavy atom. The van der Waals surface area contributed by atoms with E-state index in [4.69, 9.17) is 11.6 Å². The van der Waals surface area contributed by atoms with Gasteiger partial charge < -0.3 is 10.6 Å². The van der Waals surface area contributed by atoms with Crippen LogP contribution in [0.25, 0.3) is 0 Å². The summed E-state index contributed by atoms with van der Waals surface area (Å²) >= 11 is 5.96. The third kappa shape index (κ3) is 3.45. The maximum Gasteiger partial charge on any atom is 0.323 e. The standard InChI is InChI=1S/C14H12ClFN2O/c1-9-12(15)6-3-7-13(9)18-14(19)17-11-5-2-4-10(16)8-11/h2-8H,1H3,(H2,17,18,19). The smallest absolute Gasteiger partial charge is 0.308 e. The zero-order chi connectivity index (χ0) is 13.8. The van der Waals surface area contributed by atoms with E-state index in [1.54, 1.807) is 31.2 Å². The van der Waals surface area contributed by atoms with Gasteiger partial charge in [-0.15, -0.1) is 0 Å². The highest BCUT2D eigenvalue weighted by Crippen LogP contribution is 2.23. The molecule has 0 spiro atoms. The second-order valence-corrected chi connectivity index (χ2v) is 4.41. The number of amides is 2. The molecule has 0 radical (unpaired) electrons. The SMILES string of the molecule is Cc1c(Cl)cccc1NC(=O)Nc1cccc(F)c1. The Labute approximate surface area is 115 Å². The lowest BCUT2D eigenvalue weighted by atomic mass is 10.2. The van der Waals surface area contributed by atoms with Crippen molar-refractivity contribution in [2.75, 3.05) is 10.6 Å². The van der Waals surface area contributed by atoms with Crippen LogP contribution in [-0.4, -0.2) is 6.03 Å². The van der Waals surface area contributed by atoms with Gasteiger partial charge in [0, 0.05) is 16.4 Å². The second-order valence-electron chi connectivity index (χ2n) is 4.00. The van der Waals surface area contributed by atoms with Crippen LogP contribution in [-0.2, 0) is 0 Å². The molecule has 2 aromatic rings. The van der Waals surface area contributed by atoms with Crippen molar-refractivity contribution in [3.63, 3.8) is 0 Å². The van der Waals surface area contributed by atoms with Crippen LogP contribution >= 0.6 is 11.6 Å². The Balaban J connectivity index is 2.08. The maximum absolute atomic E-state index is 13.0. The molecule has 2 aromatic carbocycles. The largest absolute Gasteiger partial charge is 0.323 e. The Bertz CT molecular complexity index is 616. The lowest BCUT2D eigenvalue weighted by Gasteiger charge is -2.10. The normalized spacial score (nSPS) is 10.1. The molecule has 5 heteroatoms. The van der Waals surface area contributed by atoms with E-state index >= 15 is 0 Å². The van der Waals surface area contributed by atoms with Crippen molar-refractivity contribution in [2.24, 2.45) is 0 Å². The summed E-state index contributed by atoms with van der Waals surface area (Å²) in [5, 5.41) is 5.78. The summed E-state index contributed by atoms with van der Waals surface area (Å²) in [6, 6.07) is 10.5. The summed E-state index contributed by atoms with van der Waals surface area (Å²) in [6.07, 6.45) is 0. The number of hydrogen-bond acceptors (Lipinski definition) is 1. The summed E-state index contributed by atoms with van der Waals surface area (Å²) in [4.78, 5) is 11.8. The van der Waals surface area contributed by atoms with E-state index in [0.717, 1.165) is 5.56 Å². The molecule has 0 aliphatic rings. The van der Waals surface area contributed by atoms with Crippen molar-refractivity contribution in [3.8, 4) is 0 Å². The lowest BCUT2D eigenvalue weighted by Crippen LogP contribution is -2.20. The van der Waals surface area contributed by atoms with Gasteiger partial charge in [0.1, 0.15) is 5.82 Å². The number of anilines is 2. The van der Waals surface area contributed by atoms with Crippen LogP contribution in [0.3, 0.4) is 0 Å². The van der Waals surface area contributed by atoms with Crippen molar-refractivity contribution >= 4 is 29.0 Å². The van der Waals surface area contributed by atoms with E-state index in [9.17, 15) is 9.18 Å². The molecule has 2 amide bonds. The number of carbonyl (C=O) groups is 1. The Morgan fingerprint density at radius 1 is 1.16 bits per heavy atom. The van der Waals surface area contributed by atoms with Gasteiger partial charge in [0.2, 0.25) is 0 Å². The van der Waals surface area contributed by atoms with Crippen LogP contribution in [0, 0.1) is 12.7 Å². The molecule has 0 atom stereocenters. The summed E-state index contributed by atoms with van der Waals surface area (Å²) in [5.41, 5.74) is 1.78. The highest BCUT2D eigenvalue weighted by molar-refractivity contribution is 6.31. The molecular formula is C14H12ClFN2O. The van der Waals surface area contributed by atoms with E-state index in [0.29, 0.717) is 16.4 Å². The third-order valence-corrected chi connectivity index (χ3v) is 3.01. The van der Waals surface area contributed by atoms with Crippen LogP contribution in [0.2, 0.25) is 5.02 Å². The fourth-order valence-electron chi connectivity index (χ4n) is 1.59. The van der Waals surface area contributed by atoms with E-state index in [2.05, 4.69) is 10.6 Å². The minimum atomic E-state index is -0.448. The molecule has 0 heterocycles. The molecule has 2 rings (SSSR count). The lowest BCUT2D eigenvalue weighted by molar-refractivity contribution is 0.262. The highest BCUT2D eigenvalue weighted by Gasteiger charge is 2.07. The van der Waals surface area contributed by atoms with Gasteiger partial charge in [-0.1, -0.05) is 23.7 Å². The average molecular weight is 279 g/mol. The molecule has 2 N–H and O–H groups in total. The predicted molar refractivity (Wildman–Crippen MR) is 75.2 cm³/mol. The summed E-state index contributed by atoms with van der Waals surface area (Å²) < 4.78 is 13.0. The summed E-state index contributed by atoms with van der Waals surface area (Å²) in [5.74, 6) is -0.406. The first-order valence-electron chi connectivity index (χ1n) is 5.65. The topological polar surface area (TPSA) is 41.1 Å². The molecule has 3 nitrogen and oxygen atoms in total. The van der Waals surface area contributed by atoms with Gasteiger partial charge >= 0.3 is 6.03 Å². The Morgan fingerprint density at radius 2 is 1.89 bits per heavy atom. The minimum Gasteiger partial charge on any atom is -0.308 e. The number of hydrogen-bond donors (Lipinski definition) is 2. The van der Waals surface area contributed by atoms with Crippen LogP contribution in [0.4, 0.5) is 20.6 Å². The third-order valence-electron chi connectivity index (χ3n) is 2.60. The molecule has 0 saturated carbocycles. The van der Waals surface area contributed by atoms with E-state index in [-0.39, 0.29) is 0 Å². The monoisotopic (exact) mass is 278 g/mol. The van der Waals surface area contributed by atoms with Crippen molar-refractivity contribution in [2.45, 2.75) is 6.92 Å². The van der Waals surface area contributed by atoms with Crippen LogP contribution in [0.5, 0.6) is 0 Å². The van der Waals surface area contributed by atoms with Gasteiger partial charge in [-0.25, -0.2) is 9.18 Å². The maximum atomic E-state index is 13.0. The van der Waals surface area contributed by atoms with Crippen LogP contribution < -0.4 is 10.6 Å². The quantitative estimate of drug-likeness (QED) is 0.838. The number of nitrogens with one attached hydrogen (secondary N) is 2. The second kappa shape index (κ2) is 5.71. The van der Waals surface area contributed by atoms with E-state index < -0.39 is 11.8 Å². The molecular weight excluding hydrogens is 267 g/mol. The van der Waals surface area contributed by atoms with Crippen molar-refractivity contribution < 1.29 is 9.18 Å². The van der Waals surface area contributed by atoms with Gasteiger partial charge in [-0.05, 0) is 42.8 Å². The van der Waals surface area contributed by atoms with Crippen LogP contribution in [0.15, 0.2) is 42.5 Å². The van der Waals surface area contributed by atoms with Crippen molar-refractivity contribution in [1.29, 1.82) is 0 Å². The van der Waals surface area contributed by atoms with Gasteiger partial charge in [0.15, 0.2) is 0 Å². The summed E-state index contributed by atoms with van der Waals surface area (Å²) in [7, 11) is 0. The molecule has 0 bridgehead atoms. The van der Waals surface area contributed by atoms with Gasteiger partial charge in [0.05, 0.1) is 0 Å². The molecule has 19 heavy (non-hydrogen) atoms. The van der Waals surface area contributed by atoms with E-state index in [1.807, 2.05) is 0 Å². The number of rotatable bonds is 2. The molecule has 0 fully saturated rings. The molecule has 98 valence electrons. The van der Waals surface area contributed by atoms with Crippen molar-refractivity contribution in [1.82, 2.24) is 0 Å². The van der Waals surface area contributed by atoms with Gasteiger partial charge in [-0.2, -0.15) is 0 Å². The number of carbonyl (C=O) groups excluding carboxylic acids is 1. The number of urea groups is 1. The first kappa shape index (κ1) is 13.4. The number of halogens is 2. The summed E-state index contributed by atoms with van der Waals surface area (Å²) in [6.45, 7) is 1.81. The zero-order valence-corrected chi connectivity index (χ0v) is 11.0. The fourth-order valence-corrected chi connectivity index (χ4v) is 1.77. The highest BCUT2D eigenvalue weighted by atomic mass is 35.5. The Hall–Kier alpha value is -2.07. The minimum absolute atomic E-state index is 0.386. The molecule has 0 aromatic heterocycles. The van der Waals surface area contributed by atoms with Crippen molar-refractivity contribution in [3.05, 3.63) is 58.9 Å². The molecule has 0 aliphatic carbocycles. The number of benzene rings is 2. The first-order chi connectivity index (χ1) is 9.06. The molecule has 0 saturated heterocycles. The zero-order valence-electron chi connectivity index (χ0n) is 10.2. The van der Waals surface area contributed by atoms with Gasteiger partial charge in [0.25, 0.3) is 0 Å². The molecule has 0 unspecified atom stereocenters. The predicted octanol–water partition coefficient (Wildman–Crippen LogP) is 4.43. The van der Waals surface area contributed by atoms with Gasteiger partial charge in [-0.3, -0.25) is 0 Å². The Kier molecular flexibility index (Phi) is 4.02.